The van der Waals surface area contributed by atoms with Crippen LogP contribution in [0.4, 0.5) is 0 Å². The molecule has 4 nitrogen and oxygen atoms in total. The van der Waals surface area contributed by atoms with Crippen molar-refractivity contribution >= 4 is 16.7 Å². The normalized spacial score (nSPS) is 12.2. The van der Waals surface area contributed by atoms with Crippen LogP contribution < -0.4 is 15.4 Å². The number of ether oxygens (including phenoxy) is 1. The summed E-state index contributed by atoms with van der Waals surface area (Å²) in [7, 11) is 3.43. The van der Waals surface area contributed by atoms with Crippen LogP contribution >= 0.6 is 0 Å². The van der Waals surface area contributed by atoms with Crippen molar-refractivity contribution in [1.29, 1.82) is 0 Å². The van der Waals surface area contributed by atoms with Gasteiger partial charge in [0.25, 0.3) is 0 Å². The minimum absolute atomic E-state index is 0.00216. The highest BCUT2D eigenvalue weighted by Gasteiger charge is 2.09. The average molecular weight is 272 g/mol. The van der Waals surface area contributed by atoms with E-state index in [-0.39, 0.29) is 11.9 Å². The number of amides is 1. The molecule has 1 unspecified atom stereocenters. The Morgan fingerprint density at radius 1 is 1.20 bits per heavy atom. The summed E-state index contributed by atoms with van der Waals surface area (Å²) in [6.45, 7) is 2.37. The lowest BCUT2D eigenvalue weighted by atomic mass is 10.1. The van der Waals surface area contributed by atoms with Crippen molar-refractivity contribution in [1.82, 2.24) is 10.6 Å². The summed E-state index contributed by atoms with van der Waals surface area (Å²) in [5.74, 6) is 0.851. The summed E-state index contributed by atoms with van der Waals surface area (Å²) in [5.41, 5.74) is 1.08. The molecule has 2 rings (SSSR count). The topological polar surface area (TPSA) is 50.4 Å². The van der Waals surface area contributed by atoms with E-state index in [2.05, 4.69) is 16.7 Å². The number of benzene rings is 2. The van der Waals surface area contributed by atoms with Crippen LogP contribution in [-0.2, 0) is 11.3 Å². The number of carbonyl (C=O) groups excluding carboxylic acids is 1. The maximum Gasteiger partial charge on any atom is 0.237 e. The van der Waals surface area contributed by atoms with Gasteiger partial charge in [0.2, 0.25) is 5.91 Å². The number of hydrogen-bond donors (Lipinski definition) is 2. The molecule has 0 radical (unpaired) electrons. The third-order valence-corrected chi connectivity index (χ3v) is 3.40. The highest BCUT2D eigenvalue weighted by atomic mass is 16.5. The van der Waals surface area contributed by atoms with Crippen LogP contribution in [0.5, 0.6) is 5.75 Å². The van der Waals surface area contributed by atoms with Crippen LogP contribution in [0, 0.1) is 0 Å². The van der Waals surface area contributed by atoms with Gasteiger partial charge in [-0.1, -0.05) is 18.2 Å². The van der Waals surface area contributed by atoms with Gasteiger partial charge in [0.15, 0.2) is 0 Å². The second-order valence-electron chi connectivity index (χ2n) is 4.78. The lowest BCUT2D eigenvalue weighted by Crippen LogP contribution is -2.39. The summed E-state index contributed by atoms with van der Waals surface area (Å²) in [6, 6.07) is 11.9. The van der Waals surface area contributed by atoms with Gasteiger partial charge in [-0.05, 0) is 48.5 Å². The van der Waals surface area contributed by atoms with Crippen molar-refractivity contribution < 1.29 is 9.53 Å². The van der Waals surface area contributed by atoms with E-state index >= 15 is 0 Å². The maximum absolute atomic E-state index is 11.7. The molecular formula is C16H20N2O2. The van der Waals surface area contributed by atoms with Gasteiger partial charge in [-0.15, -0.1) is 0 Å². The molecule has 0 aliphatic rings. The molecule has 2 aromatic rings. The van der Waals surface area contributed by atoms with Crippen LogP contribution in [0.2, 0.25) is 0 Å². The summed E-state index contributed by atoms with van der Waals surface area (Å²) in [4.78, 5) is 11.7. The summed E-state index contributed by atoms with van der Waals surface area (Å²) in [5, 5.41) is 8.09. The van der Waals surface area contributed by atoms with Crippen molar-refractivity contribution in [3.05, 3.63) is 42.0 Å². The minimum atomic E-state index is -0.181. The largest absolute Gasteiger partial charge is 0.497 e. The van der Waals surface area contributed by atoms with E-state index in [1.54, 1.807) is 14.2 Å². The van der Waals surface area contributed by atoms with Gasteiger partial charge in [-0.2, -0.15) is 0 Å². The molecule has 2 N–H and O–H groups in total. The van der Waals surface area contributed by atoms with E-state index in [1.807, 2.05) is 37.3 Å². The molecule has 0 fully saturated rings. The first kappa shape index (κ1) is 14.3. The quantitative estimate of drug-likeness (QED) is 0.876. The van der Waals surface area contributed by atoms with Crippen molar-refractivity contribution in [2.24, 2.45) is 0 Å². The van der Waals surface area contributed by atoms with Gasteiger partial charge in [0.05, 0.1) is 13.2 Å². The lowest BCUT2D eigenvalue weighted by Gasteiger charge is -2.11. The number of methoxy groups -OCH3 is 1. The Morgan fingerprint density at radius 3 is 2.60 bits per heavy atom. The van der Waals surface area contributed by atoms with Crippen molar-refractivity contribution in [2.75, 3.05) is 14.2 Å². The molecule has 1 atom stereocenters. The van der Waals surface area contributed by atoms with Crippen molar-refractivity contribution in [2.45, 2.75) is 19.5 Å². The van der Waals surface area contributed by atoms with E-state index < -0.39 is 0 Å². The number of likely N-dealkylation sites (N-methyl/N-ethyl adjacent to an activating group) is 1. The van der Waals surface area contributed by atoms with Gasteiger partial charge >= 0.3 is 0 Å². The van der Waals surface area contributed by atoms with Crippen LogP contribution in [0.1, 0.15) is 12.5 Å². The molecule has 0 aliphatic heterocycles. The first-order valence-corrected chi connectivity index (χ1v) is 6.65. The van der Waals surface area contributed by atoms with Gasteiger partial charge in [-0.3, -0.25) is 4.79 Å². The Balaban J connectivity index is 2.10. The zero-order valence-corrected chi connectivity index (χ0v) is 12.1. The predicted octanol–water partition coefficient (Wildman–Crippen LogP) is 2.07. The fraction of sp³-hybridized carbons (Fsp3) is 0.312. The summed E-state index contributed by atoms with van der Waals surface area (Å²) in [6.07, 6.45) is 0. The van der Waals surface area contributed by atoms with Crippen molar-refractivity contribution in [3.63, 3.8) is 0 Å². The van der Waals surface area contributed by atoms with Crippen LogP contribution in [0.15, 0.2) is 36.4 Å². The van der Waals surface area contributed by atoms with E-state index in [9.17, 15) is 4.79 Å². The fourth-order valence-electron chi connectivity index (χ4n) is 1.98. The molecule has 20 heavy (non-hydrogen) atoms. The van der Waals surface area contributed by atoms with E-state index in [4.69, 9.17) is 4.74 Å². The number of fused-ring (bicyclic) bond motifs is 1. The maximum atomic E-state index is 11.7. The Labute approximate surface area is 119 Å². The SMILES string of the molecule is CNC(C)C(=O)NCc1ccc2cc(OC)ccc2c1. The first-order chi connectivity index (χ1) is 9.63. The Kier molecular flexibility index (Phi) is 4.58. The number of carbonyl (C=O) groups is 1. The molecule has 0 heterocycles. The van der Waals surface area contributed by atoms with Gasteiger partial charge in [0.1, 0.15) is 5.75 Å². The highest BCUT2D eigenvalue weighted by molar-refractivity contribution is 5.85. The highest BCUT2D eigenvalue weighted by Crippen LogP contribution is 2.21. The van der Waals surface area contributed by atoms with Gasteiger partial charge in [0, 0.05) is 6.54 Å². The first-order valence-electron chi connectivity index (χ1n) is 6.65. The predicted molar refractivity (Wildman–Crippen MR) is 80.9 cm³/mol. The number of hydrogen-bond acceptors (Lipinski definition) is 3. The molecular weight excluding hydrogens is 252 g/mol. The molecule has 0 aliphatic carbocycles. The van der Waals surface area contributed by atoms with Crippen LogP contribution in [0.3, 0.4) is 0 Å². The molecule has 2 aromatic carbocycles. The Morgan fingerprint density at radius 2 is 1.90 bits per heavy atom. The second-order valence-corrected chi connectivity index (χ2v) is 4.78. The standard InChI is InChI=1S/C16H20N2O2/c1-11(17-2)16(19)18-10-12-4-5-14-9-15(20-3)7-6-13(14)8-12/h4-9,11,17H,10H2,1-3H3,(H,18,19). The van der Waals surface area contributed by atoms with Gasteiger partial charge < -0.3 is 15.4 Å². The zero-order valence-electron chi connectivity index (χ0n) is 12.1. The molecule has 4 heteroatoms. The smallest absolute Gasteiger partial charge is 0.237 e. The van der Waals surface area contributed by atoms with E-state index in [0.717, 1.165) is 22.1 Å². The third-order valence-electron chi connectivity index (χ3n) is 3.40. The number of nitrogens with one attached hydrogen (secondary N) is 2. The fourth-order valence-corrected chi connectivity index (χ4v) is 1.98. The average Bonchev–Trinajstić information content (AvgIpc) is 2.50. The number of rotatable bonds is 5. The minimum Gasteiger partial charge on any atom is -0.497 e. The van der Waals surface area contributed by atoms with E-state index in [0.29, 0.717) is 6.54 Å². The third kappa shape index (κ3) is 3.27. The molecule has 0 spiro atoms. The van der Waals surface area contributed by atoms with E-state index in [1.165, 1.54) is 0 Å². The van der Waals surface area contributed by atoms with Gasteiger partial charge in [-0.25, -0.2) is 0 Å². The Hall–Kier alpha value is -2.07. The molecule has 0 bridgehead atoms. The second kappa shape index (κ2) is 6.39. The van der Waals surface area contributed by atoms with Crippen LogP contribution in [0.25, 0.3) is 10.8 Å². The lowest BCUT2D eigenvalue weighted by molar-refractivity contribution is -0.122. The van der Waals surface area contributed by atoms with Crippen molar-refractivity contribution in [3.8, 4) is 5.75 Å². The summed E-state index contributed by atoms with van der Waals surface area (Å²) < 4.78 is 5.21. The van der Waals surface area contributed by atoms with Crippen LogP contribution in [-0.4, -0.2) is 26.1 Å². The molecule has 106 valence electrons. The zero-order chi connectivity index (χ0) is 14.5. The molecule has 0 saturated heterocycles. The summed E-state index contributed by atoms with van der Waals surface area (Å²) >= 11 is 0. The molecule has 1 amide bonds. The Bertz CT molecular complexity index is 610. The monoisotopic (exact) mass is 272 g/mol. The molecule has 0 aromatic heterocycles. The molecule has 0 saturated carbocycles.